The summed E-state index contributed by atoms with van der Waals surface area (Å²) >= 11 is 0. The summed E-state index contributed by atoms with van der Waals surface area (Å²) in [5.74, 6) is 0. The number of rotatable bonds is 8. The van der Waals surface area contributed by atoms with E-state index in [0.29, 0.717) is 0 Å². The number of benzene rings is 11. The molecule has 1 heterocycles. The van der Waals surface area contributed by atoms with Gasteiger partial charge in [-0.3, -0.25) is 0 Å². The molecule has 0 atom stereocenters. The maximum atomic E-state index is 2.40. The van der Waals surface area contributed by atoms with Gasteiger partial charge in [0.25, 0.3) is 0 Å². The molecule has 0 aliphatic rings. The summed E-state index contributed by atoms with van der Waals surface area (Å²) in [7, 11) is 0. The van der Waals surface area contributed by atoms with Gasteiger partial charge < -0.3 is 14.4 Å². The van der Waals surface area contributed by atoms with Gasteiger partial charge >= 0.3 is 0 Å². The van der Waals surface area contributed by atoms with Crippen LogP contribution in [0.15, 0.2) is 249 Å². The topological polar surface area (TPSA) is 11.4 Å². The van der Waals surface area contributed by atoms with Crippen molar-refractivity contribution in [3.63, 3.8) is 0 Å². The van der Waals surface area contributed by atoms with E-state index in [4.69, 9.17) is 0 Å². The first-order valence-corrected chi connectivity index (χ1v) is 21.6. The van der Waals surface area contributed by atoms with Crippen molar-refractivity contribution in [2.24, 2.45) is 0 Å². The van der Waals surface area contributed by atoms with Crippen LogP contribution in [0.4, 0.5) is 34.1 Å². The lowest BCUT2D eigenvalue weighted by atomic mass is 9.96. The zero-order valence-electron chi connectivity index (χ0n) is 34.5. The molecule has 0 fully saturated rings. The number of fused-ring (bicyclic) bond motifs is 6. The largest absolute Gasteiger partial charge is 0.310 e. The molecule has 1 aromatic heterocycles. The molecule has 0 amide bonds. The lowest BCUT2D eigenvalue weighted by Crippen LogP contribution is -2.10. The summed E-state index contributed by atoms with van der Waals surface area (Å²) in [5.41, 5.74) is 12.6. The average Bonchev–Trinajstić information content (AvgIpc) is 3.69. The number of anilines is 6. The van der Waals surface area contributed by atoms with Crippen LogP contribution in [0.1, 0.15) is 0 Å². The van der Waals surface area contributed by atoms with Crippen LogP contribution in [0.5, 0.6) is 0 Å². The van der Waals surface area contributed by atoms with Crippen LogP contribution in [0.2, 0.25) is 0 Å². The molecule has 0 radical (unpaired) electrons. The van der Waals surface area contributed by atoms with E-state index in [2.05, 4.69) is 263 Å². The molecule has 296 valence electrons. The highest BCUT2D eigenvalue weighted by Gasteiger charge is 2.20. The van der Waals surface area contributed by atoms with Crippen LogP contribution in [-0.2, 0) is 0 Å². The minimum atomic E-state index is 1.09. The van der Waals surface area contributed by atoms with Gasteiger partial charge in [0.1, 0.15) is 0 Å². The lowest BCUT2D eigenvalue weighted by Gasteiger charge is -2.28. The van der Waals surface area contributed by atoms with Crippen molar-refractivity contribution in [3.8, 4) is 16.8 Å². The zero-order valence-corrected chi connectivity index (χ0v) is 34.5. The third kappa shape index (κ3) is 6.38. The molecule has 0 aliphatic carbocycles. The smallest absolute Gasteiger partial charge is 0.0542 e. The molecular formula is C60H41N3. The van der Waals surface area contributed by atoms with Crippen molar-refractivity contribution < 1.29 is 0 Å². The molecule has 63 heavy (non-hydrogen) atoms. The van der Waals surface area contributed by atoms with Crippen molar-refractivity contribution in [1.29, 1.82) is 0 Å². The summed E-state index contributed by atoms with van der Waals surface area (Å²) < 4.78 is 2.38. The van der Waals surface area contributed by atoms with Gasteiger partial charge in [0, 0.05) is 50.3 Å². The molecule has 11 aromatic carbocycles. The van der Waals surface area contributed by atoms with Crippen molar-refractivity contribution in [2.75, 3.05) is 9.80 Å². The Kier molecular flexibility index (Phi) is 8.83. The standard InChI is InChI=1S/C60H41N3/c1-3-19-47(20-4-1)62(51-34-28-43-16-8-10-18-46(43)40-51)59-38-36-53(54-23-11-12-24-55(54)59)44-29-31-49(32-30-44)61(50-33-27-42-15-7-9-17-45(42)39-50)52-35-37-60-57(41-52)56-25-13-14-26-58(56)63(60)48-21-5-2-6-22-48/h1-41H. The van der Waals surface area contributed by atoms with Gasteiger partial charge in [0.05, 0.1) is 16.7 Å². The van der Waals surface area contributed by atoms with Crippen LogP contribution >= 0.6 is 0 Å². The van der Waals surface area contributed by atoms with Gasteiger partial charge in [0.2, 0.25) is 0 Å². The summed E-state index contributed by atoms with van der Waals surface area (Å²) in [4.78, 5) is 4.78. The predicted octanol–water partition coefficient (Wildman–Crippen LogP) is 16.8. The van der Waals surface area contributed by atoms with Gasteiger partial charge in [-0.25, -0.2) is 0 Å². The lowest BCUT2D eigenvalue weighted by molar-refractivity contribution is 1.18. The zero-order chi connectivity index (χ0) is 41.7. The average molecular weight is 804 g/mol. The second kappa shape index (κ2) is 15.3. The van der Waals surface area contributed by atoms with E-state index in [1.807, 2.05) is 0 Å². The van der Waals surface area contributed by atoms with Crippen molar-refractivity contribution in [1.82, 2.24) is 4.57 Å². The molecule has 0 aliphatic heterocycles. The van der Waals surface area contributed by atoms with E-state index in [-0.39, 0.29) is 0 Å². The Hall–Kier alpha value is -8.40. The fraction of sp³-hybridized carbons (Fsp3) is 0. The molecule has 0 N–H and O–H groups in total. The second-order valence-electron chi connectivity index (χ2n) is 16.2. The van der Waals surface area contributed by atoms with Crippen LogP contribution in [0, 0.1) is 0 Å². The molecule has 12 rings (SSSR count). The SMILES string of the molecule is c1ccc(N(c2ccc3ccccc3c2)c2ccc(-c3ccc(N(c4ccc5ccccc5c4)c4ccc5c(c4)c4ccccc4n5-c4ccccc4)cc3)c3ccccc23)cc1. The van der Waals surface area contributed by atoms with Crippen molar-refractivity contribution in [2.45, 2.75) is 0 Å². The van der Waals surface area contributed by atoms with Crippen LogP contribution in [0.3, 0.4) is 0 Å². The molecule has 0 saturated carbocycles. The Morgan fingerprint density at radius 1 is 0.270 bits per heavy atom. The normalized spacial score (nSPS) is 11.5. The second-order valence-corrected chi connectivity index (χ2v) is 16.2. The maximum Gasteiger partial charge on any atom is 0.0542 e. The highest BCUT2D eigenvalue weighted by molar-refractivity contribution is 6.11. The summed E-state index contributed by atoms with van der Waals surface area (Å²) in [6, 6.07) is 90.2. The Labute approximate surface area is 366 Å². The molecule has 0 spiro atoms. The number of nitrogens with zero attached hydrogens (tertiary/aromatic N) is 3. The molecule has 3 heteroatoms. The van der Waals surface area contributed by atoms with E-state index in [0.717, 1.165) is 39.8 Å². The Balaban J connectivity index is 0.986. The molecule has 0 unspecified atom stereocenters. The first-order chi connectivity index (χ1) is 31.2. The number of aromatic nitrogens is 1. The van der Waals surface area contributed by atoms with Crippen molar-refractivity contribution >= 4 is 88.2 Å². The Bertz CT molecular complexity index is 3630. The molecular weight excluding hydrogens is 763 g/mol. The minimum Gasteiger partial charge on any atom is -0.310 e. The summed E-state index contributed by atoms with van der Waals surface area (Å²) in [6.45, 7) is 0. The van der Waals surface area contributed by atoms with Gasteiger partial charge in [-0.15, -0.1) is 0 Å². The van der Waals surface area contributed by atoms with Gasteiger partial charge in [-0.05, 0) is 129 Å². The monoisotopic (exact) mass is 803 g/mol. The van der Waals surface area contributed by atoms with Crippen LogP contribution in [0.25, 0.3) is 70.9 Å². The van der Waals surface area contributed by atoms with E-state index >= 15 is 0 Å². The van der Waals surface area contributed by atoms with E-state index < -0.39 is 0 Å². The molecule has 0 bridgehead atoms. The molecule has 0 saturated heterocycles. The Morgan fingerprint density at radius 3 is 1.46 bits per heavy atom. The first kappa shape index (κ1) is 36.5. The van der Waals surface area contributed by atoms with E-state index in [9.17, 15) is 0 Å². The van der Waals surface area contributed by atoms with Crippen LogP contribution in [-0.4, -0.2) is 4.57 Å². The first-order valence-electron chi connectivity index (χ1n) is 21.6. The van der Waals surface area contributed by atoms with Crippen LogP contribution < -0.4 is 9.80 Å². The maximum absolute atomic E-state index is 2.40. The van der Waals surface area contributed by atoms with Gasteiger partial charge in [-0.2, -0.15) is 0 Å². The van der Waals surface area contributed by atoms with E-state index in [1.54, 1.807) is 0 Å². The third-order valence-electron chi connectivity index (χ3n) is 12.5. The fourth-order valence-corrected chi connectivity index (χ4v) is 9.56. The Morgan fingerprint density at radius 2 is 0.762 bits per heavy atom. The highest BCUT2D eigenvalue weighted by Crippen LogP contribution is 2.44. The molecule has 12 aromatic rings. The minimum absolute atomic E-state index is 1.09. The van der Waals surface area contributed by atoms with Crippen molar-refractivity contribution in [3.05, 3.63) is 249 Å². The number of hydrogen-bond donors (Lipinski definition) is 0. The quantitative estimate of drug-likeness (QED) is 0.152. The number of para-hydroxylation sites is 3. The van der Waals surface area contributed by atoms with Gasteiger partial charge in [-0.1, -0.05) is 158 Å². The van der Waals surface area contributed by atoms with Gasteiger partial charge in [0.15, 0.2) is 0 Å². The fourth-order valence-electron chi connectivity index (χ4n) is 9.56. The molecule has 3 nitrogen and oxygen atoms in total. The van der Waals surface area contributed by atoms with E-state index in [1.165, 1.54) is 65.3 Å². The predicted molar refractivity (Wildman–Crippen MR) is 268 cm³/mol. The third-order valence-corrected chi connectivity index (χ3v) is 12.5. The number of hydrogen-bond acceptors (Lipinski definition) is 2. The summed E-state index contributed by atoms with van der Waals surface area (Å²) in [6.07, 6.45) is 0. The highest BCUT2D eigenvalue weighted by atomic mass is 15.1. The summed E-state index contributed by atoms with van der Waals surface area (Å²) in [5, 5.41) is 9.72.